The van der Waals surface area contributed by atoms with Gasteiger partial charge in [0.15, 0.2) is 0 Å². The minimum atomic E-state index is -3.54. The van der Waals surface area contributed by atoms with Crippen molar-refractivity contribution < 1.29 is 17.9 Å². The Morgan fingerprint density at radius 2 is 1.67 bits per heavy atom. The van der Waals surface area contributed by atoms with Gasteiger partial charge in [-0.25, -0.2) is 8.42 Å². The summed E-state index contributed by atoms with van der Waals surface area (Å²) in [7, 11) is -3.54. The van der Waals surface area contributed by atoms with Gasteiger partial charge in [-0.05, 0) is 48.7 Å². The molecule has 1 N–H and O–H groups in total. The van der Waals surface area contributed by atoms with Gasteiger partial charge in [-0.1, -0.05) is 18.2 Å². The smallest absolute Gasteiger partial charge is 0.251 e. The van der Waals surface area contributed by atoms with Gasteiger partial charge in [-0.15, -0.1) is 0 Å². The number of hydrogen-bond donors (Lipinski definition) is 1. The summed E-state index contributed by atoms with van der Waals surface area (Å²) < 4.78 is 32.3. The van der Waals surface area contributed by atoms with Gasteiger partial charge in [0.1, 0.15) is 0 Å². The number of sulfonamides is 1. The Morgan fingerprint density at radius 3 is 2.37 bits per heavy atom. The Kier molecular flexibility index (Phi) is 6.36. The number of nitrogens with one attached hydrogen (secondary N) is 1. The second kappa shape index (κ2) is 9.16. The SMILES string of the molecule is O=C(NCc1ccc(N2CCOCC2)cc1)c1cccc(S(=O)(=O)N2CCCC2)c1. The van der Waals surface area contributed by atoms with Crippen molar-refractivity contribution in [1.82, 2.24) is 9.62 Å². The Bertz CT molecular complexity index is 980. The molecular weight excluding hydrogens is 402 g/mol. The molecule has 2 fully saturated rings. The number of anilines is 1. The zero-order valence-corrected chi connectivity index (χ0v) is 17.7. The van der Waals surface area contributed by atoms with Crippen molar-refractivity contribution in [3.8, 4) is 0 Å². The molecule has 2 heterocycles. The zero-order valence-electron chi connectivity index (χ0n) is 16.9. The van der Waals surface area contributed by atoms with Crippen LogP contribution in [0.1, 0.15) is 28.8 Å². The third kappa shape index (κ3) is 4.66. The maximum atomic E-state index is 12.7. The van der Waals surface area contributed by atoms with E-state index in [2.05, 4.69) is 22.3 Å². The highest BCUT2D eigenvalue weighted by atomic mass is 32.2. The molecule has 0 atom stereocenters. The van der Waals surface area contributed by atoms with E-state index in [0.717, 1.165) is 50.4 Å². The van der Waals surface area contributed by atoms with Crippen molar-refractivity contribution in [2.75, 3.05) is 44.3 Å². The minimum absolute atomic E-state index is 0.173. The van der Waals surface area contributed by atoms with Crippen LogP contribution < -0.4 is 10.2 Å². The number of hydrogen-bond acceptors (Lipinski definition) is 5. The maximum Gasteiger partial charge on any atom is 0.251 e. The summed E-state index contributed by atoms with van der Waals surface area (Å²) >= 11 is 0. The summed E-state index contributed by atoms with van der Waals surface area (Å²) in [5, 5.41) is 2.88. The summed E-state index contributed by atoms with van der Waals surface area (Å²) in [5.74, 6) is -0.286. The summed E-state index contributed by atoms with van der Waals surface area (Å²) in [6.45, 7) is 4.71. The first-order valence-electron chi connectivity index (χ1n) is 10.3. The Labute approximate surface area is 177 Å². The molecular formula is C22H27N3O4S. The molecule has 4 rings (SSSR count). The molecule has 2 aliphatic heterocycles. The lowest BCUT2D eigenvalue weighted by atomic mass is 10.1. The minimum Gasteiger partial charge on any atom is -0.378 e. The molecule has 0 spiro atoms. The molecule has 0 aliphatic carbocycles. The molecule has 0 saturated carbocycles. The average Bonchev–Trinajstić information content (AvgIpc) is 3.34. The molecule has 2 aromatic carbocycles. The summed E-state index contributed by atoms with van der Waals surface area (Å²) in [6, 6.07) is 14.4. The van der Waals surface area contributed by atoms with Crippen molar-refractivity contribution in [2.24, 2.45) is 0 Å². The van der Waals surface area contributed by atoms with E-state index >= 15 is 0 Å². The van der Waals surface area contributed by atoms with Crippen LogP contribution in [0.25, 0.3) is 0 Å². The standard InChI is InChI=1S/C22H27N3O4S/c26-22(19-4-3-5-21(16-19)30(27,28)25-10-1-2-11-25)23-17-18-6-8-20(9-7-18)24-12-14-29-15-13-24/h3-9,16H,1-2,10-15,17H2,(H,23,26). The first-order valence-corrected chi connectivity index (χ1v) is 11.8. The van der Waals surface area contributed by atoms with Gasteiger partial charge in [0.2, 0.25) is 10.0 Å². The molecule has 1 amide bonds. The third-order valence-electron chi connectivity index (χ3n) is 5.56. The maximum absolute atomic E-state index is 12.7. The number of benzene rings is 2. The average molecular weight is 430 g/mol. The number of morpholine rings is 1. The number of amides is 1. The largest absolute Gasteiger partial charge is 0.378 e. The van der Waals surface area contributed by atoms with Crippen LogP contribution in [-0.2, 0) is 21.3 Å². The van der Waals surface area contributed by atoms with E-state index in [1.807, 2.05) is 12.1 Å². The predicted molar refractivity (Wildman–Crippen MR) is 115 cm³/mol. The lowest BCUT2D eigenvalue weighted by Crippen LogP contribution is -2.36. The van der Waals surface area contributed by atoms with E-state index in [9.17, 15) is 13.2 Å². The van der Waals surface area contributed by atoms with E-state index in [1.54, 1.807) is 18.2 Å². The Morgan fingerprint density at radius 1 is 0.967 bits per heavy atom. The Balaban J connectivity index is 1.38. The van der Waals surface area contributed by atoms with Crippen LogP contribution in [-0.4, -0.2) is 58.0 Å². The molecule has 0 aromatic heterocycles. The lowest BCUT2D eigenvalue weighted by Gasteiger charge is -2.28. The molecule has 8 heteroatoms. The fourth-order valence-electron chi connectivity index (χ4n) is 3.81. The molecule has 0 unspecified atom stereocenters. The van der Waals surface area contributed by atoms with Crippen LogP contribution in [0.4, 0.5) is 5.69 Å². The van der Waals surface area contributed by atoms with Crippen molar-refractivity contribution in [3.63, 3.8) is 0 Å². The van der Waals surface area contributed by atoms with Crippen LogP contribution in [0, 0.1) is 0 Å². The van der Waals surface area contributed by atoms with Crippen LogP contribution in [0.3, 0.4) is 0 Å². The normalized spacial score (nSPS) is 17.8. The molecule has 7 nitrogen and oxygen atoms in total. The van der Waals surface area contributed by atoms with Crippen molar-refractivity contribution in [3.05, 3.63) is 59.7 Å². The monoisotopic (exact) mass is 429 g/mol. The fourth-order valence-corrected chi connectivity index (χ4v) is 5.37. The molecule has 160 valence electrons. The first-order chi connectivity index (χ1) is 14.5. The van der Waals surface area contributed by atoms with Crippen LogP contribution in [0.2, 0.25) is 0 Å². The fraction of sp³-hybridized carbons (Fsp3) is 0.409. The molecule has 30 heavy (non-hydrogen) atoms. The lowest BCUT2D eigenvalue weighted by molar-refractivity contribution is 0.0950. The first kappa shape index (κ1) is 20.8. The molecule has 0 radical (unpaired) electrons. The zero-order chi connectivity index (χ0) is 21.0. The second-order valence-corrected chi connectivity index (χ2v) is 9.53. The van der Waals surface area contributed by atoms with Crippen LogP contribution >= 0.6 is 0 Å². The number of carbonyl (C=O) groups excluding carboxylic acids is 1. The van der Waals surface area contributed by atoms with E-state index < -0.39 is 10.0 Å². The van der Waals surface area contributed by atoms with Crippen molar-refractivity contribution in [1.29, 1.82) is 0 Å². The summed E-state index contributed by atoms with van der Waals surface area (Å²) in [6.07, 6.45) is 1.76. The molecule has 2 saturated heterocycles. The van der Waals surface area contributed by atoms with Gasteiger partial charge in [-0.2, -0.15) is 4.31 Å². The Hall–Kier alpha value is -2.42. The topological polar surface area (TPSA) is 79.0 Å². The predicted octanol–water partition coefficient (Wildman–Crippen LogP) is 2.24. The number of nitrogens with zero attached hydrogens (tertiary/aromatic N) is 2. The highest BCUT2D eigenvalue weighted by Gasteiger charge is 2.27. The quantitative estimate of drug-likeness (QED) is 0.762. The van der Waals surface area contributed by atoms with Crippen molar-refractivity contribution in [2.45, 2.75) is 24.3 Å². The number of rotatable bonds is 6. The van der Waals surface area contributed by atoms with E-state index in [0.29, 0.717) is 25.2 Å². The van der Waals surface area contributed by atoms with Crippen molar-refractivity contribution >= 4 is 21.6 Å². The van der Waals surface area contributed by atoms with E-state index in [-0.39, 0.29) is 10.8 Å². The van der Waals surface area contributed by atoms with Gasteiger partial charge in [0.05, 0.1) is 18.1 Å². The van der Waals surface area contributed by atoms with Gasteiger partial charge in [-0.3, -0.25) is 4.79 Å². The van der Waals surface area contributed by atoms with Gasteiger partial charge < -0.3 is 15.0 Å². The summed E-state index contributed by atoms with van der Waals surface area (Å²) in [4.78, 5) is 15.0. The van der Waals surface area contributed by atoms with Crippen LogP contribution in [0.5, 0.6) is 0 Å². The highest BCUT2D eigenvalue weighted by molar-refractivity contribution is 7.89. The summed E-state index contributed by atoms with van der Waals surface area (Å²) in [5.41, 5.74) is 2.48. The van der Waals surface area contributed by atoms with Gasteiger partial charge in [0.25, 0.3) is 5.91 Å². The van der Waals surface area contributed by atoms with Gasteiger partial charge >= 0.3 is 0 Å². The number of carbonyl (C=O) groups is 1. The van der Waals surface area contributed by atoms with E-state index in [4.69, 9.17) is 4.74 Å². The highest BCUT2D eigenvalue weighted by Crippen LogP contribution is 2.22. The molecule has 2 aliphatic rings. The molecule has 2 aromatic rings. The van der Waals surface area contributed by atoms with Crippen LogP contribution in [0.15, 0.2) is 53.4 Å². The van der Waals surface area contributed by atoms with E-state index in [1.165, 1.54) is 10.4 Å². The molecule has 0 bridgehead atoms. The van der Waals surface area contributed by atoms with Gasteiger partial charge in [0, 0.05) is 44.0 Å². The number of ether oxygens (including phenoxy) is 1. The second-order valence-electron chi connectivity index (χ2n) is 7.59. The third-order valence-corrected chi connectivity index (χ3v) is 7.46.